The van der Waals surface area contributed by atoms with Gasteiger partial charge >= 0.3 is 0 Å². The van der Waals surface area contributed by atoms with Crippen molar-refractivity contribution in [3.05, 3.63) is 33.3 Å². The molecule has 13 heavy (non-hydrogen) atoms. The maximum atomic E-state index is 5.97. The van der Waals surface area contributed by atoms with Gasteiger partial charge in [-0.2, -0.15) is 0 Å². The number of benzene rings is 1. The van der Waals surface area contributed by atoms with E-state index in [4.69, 9.17) is 17.3 Å². The minimum Gasteiger partial charge on any atom is -0.324 e. The summed E-state index contributed by atoms with van der Waals surface area (Å²) in [4.78, 5) is 0. The third-order valence-corrected chi connectivity index (χ3v) is 2.63. The fourth-order valence-electron chi connectivity index (χ4n) is 1.02. The summed E-state index contributed by atoms with van der Waals surface area (Å²) < 4.78 is 1.02. The van der Waals surface area contributed by atoms with E-state index in [-0.39, 0.29) is 18.4 Å². The van der Waals surface area contributed by atoms with Gasteiger partial charge in [-0.25, -0.2) is 0 Å². The highest BCUT2D eigenvalue weighted by Crippen LogP contribution is 2.26. The van der Waals surface area contributed by atoms with Crippen LogP contribution in [0.4, 0.5) is 0 Å². The van der Waals surface area contributed by atoms with Crippen molar-refractivity contribution in [1.82, 2.24) is 0 Å². The van der Waals surface area contributed by atoms with Gasteiger partial charge in [-0.3, -0.25) is 0 Å². The Hall–Kier alpha value is 0.240. The molecule has 0 saturated heterocycles. The largest absolute Gasteiger partial charge is 0.324 e. The van der Waals surface area contributed by atoms with E-state index >= 15 is 0 Å². The molecule has 0 aliphatic carbocycles. The molecule has 4 heteroatoms. The zero-order valence-electron chi connectivity index (χ0n) is 7.26. The molecule has 0 spiro atoms. The molecule has 1 aromatic rings. The van der Waals surface area contributed by atoms with Gasteiger partial charge in [0.2, 0.25) is 0 Å². The molecular formula is C9H12BrCl2N. The minimum absolute atomic E-state index is 0. The van der Waals surface area contributed by atoms with Crippen LogP contribution >= 0.6 is 39.9 Å². The van der Waals surface area contributed by atoms with Gasteiger partial charge in [-0.15, -0.1) is 12.4 Å². The molecule has 0 amide bonds. The third kappa shape index (κ3) is 3.47. The summed E-state index contributed by atoms with van der Waals surface area (Å²) in [7, 11) is 0. The van der Waals surface area contributed by atoms with E-state index in [9.17, 15) is 0 Å². The van der Waals surface area contributed by atoms with Crippen LogP contribution in [0.2, 0.25) is 5.02 Å². The van der Waals surface area contributed by atoms with Gasteiger partial charge < -0.3 is 5.73 Å². The summed E-state index contributed by atoms with van der Waals surface area (Å²) in [6.07, 6.45) is 0.899. The van der Waals surface area contributed by atoms with Crippen molar-refractivity contribution < 1.29 is 0 Å². The van der Waals surface area contributed by atoms with Crippen molar-refractivity contribution in [1.29, 1.82) is 0 Å². The zero-order chi connectivity index (χ0) is 9.14. The van der Waals surface area contributed by atoms with Crippen LogP contribution in [-0.4, -0.2) is 0 Å². The maximum absolute atomic E-state index is 5.97. The Morgan fingerprint density at radius 1 is 1.54 bits per heavy atom. The predicted molar refractivity (Wildman–Crippen MR) is 63.6 cm³/mol. The first kappa shape index (κ1) is 13.2. The molecule has 0 heterocycles. The summed E-state index contributed by atoms with van der Waals surface area (Å²) in [5, 5.41) is 0.743. The first-order valence-electron chi connectivity index (χ1n) is 3.85. The van der Waals surface area contributed by atoms with Crippen LogP contribution in [0, 0.1) is 0 Å². The molecule has 74 valence electrons. The van der Waals surface area contributed by atoms with Gasteiger partial charge in [0, 0.05) is 15.5 Å². The Balaban J connectivity index is 0.00000144. The van der Waals surface area contributed by atoms with Gasteiger partial charge in [0.05, 0.1) is 0 Å². The van der Waals surface area contributed by atoms with Gasteiger partial charge in [0.25, 0.3) is 0 Å². The van der Waals surface area contributed by atoms with Crippen molar-refractivity contribution in [2.24, 2.45) is 5.73 Å². The van der Waals surface area contributed by atoms with E-state index in [0.717, 1.165) is 21.5 Å². The summed E-state index contributed by atoms with van der Waals surface area (Å²) >= 11 is 9.35. The number of hydrogen-bond donors (Lipinski definition) is 1. The summed E-state index contributed by atoms with van der Waals surface area (Å²) in [5.74, 6) is 0. The van der Waals surface area contributed by atoms with E-state index in [0.29, 0.717) is 0 Å². The summed E-state index contributed by atoms with van der Waals surface area (Å²) in [6, 6.07) is 5.77. The molecule has 1 atom stereocenters. The monoisotopic (exact) mass is 283 g/mol. The van der Waals surface area contributed by atoms with Crippen LogP contribution < -0.4 is 5.73 Å². The lowest BCUT2D eigenvalue weighted by Gasteiger charge is -2.11. The van der Waals surface area contributed by atoms with E-state index in [1.165, 1.54) is 0 Å². The van der Waals surface area contributed by atoms with Crippen LogP contribution in [0.1, 0.15) is 24.9 Å². The van der Waals surface area contributed by atoms with Crippen LogP contribution in [0.15, 0.2) is 22.7 Å². The molecule has 0 fully saturated rings. The molecule has 0 aliphatic heterocycles. The highest BCUT2D eigenvalue weighted by molar-refractivity contribution is 9.10. The van der Waals surface area contributed by atoms with Crippen molar-refractivity contribution in [2.45, 2.75) is 19.4 Å². The van der Waals surface area contributed by atoms with Crippen molar-refractivity contribution in [3.63, 3.8) is 0 Å². The molecule has 0 radical (unpaired) electrons. The van der Waals surface area contributed by atoms with Crippen LogP contribution in [-0.2, 0) is 0 Å². The average molecular weight is 285 g/mol. The predicted octanol–water partition coefficient (Wildman–Crippen LogP) is 3.93. The van der Waals surface area contributed by atoms with Gasteiger partial charge in [-0.05, 0) is 30.2 Å². The van der Waals surface area contributed by atoms with E-state index < -0.39 is 0 Å². The third-order valence-electron chi connectivity index (χ3n) is 1.80. The van der Waals surface area contributed by atoms with Gasteiger partial charge in [0.1, 0.15) is 0 Å². The molecule has 1 rings (SSSR count). The fraction of sp³-hybridized carbons (Fsp3) is 0.333. The maximum Gasteiger partial charge on any atom is 0.0454 e. The lowest BCUT2D eigenvalue weighted by Crippen LogP contribution is -2.08. The lowest BCUT2D eigenvalue weighted by molar-refractivity contribution is 0.698. The molecule has 2 N–H and O–H groups in total. The van der Waals surface area contributed by atoms with Crippen molar-refractivity contribution in [2.75, 3.05) is 0 Å². The SMILES string of the molecule is CC[C@H](N)c1cc(Br)ccc1Cl.Cl. The Bertz CT molecular complexity index is 278. The van der Waals surface area contributed by atoms with Gasteiger partial charge in [0.15, 0.2) is 0 Å². The Morgan fingerprint density at radius 3 is 2.69 bits per heavy atom. The summed E-state index contributed by atoms with van der Waals surface area (Å²) in [5.41, 5.74) is 6.87. The Morgan fingerprint density at radius 2 is 2.15 bits per heavy atom. The molecule has 0 aromatic heterocycles. The number of rotatable bonds is 2. The van der Waals surface area contributed by atoms with E-state index in [2.05, 4.69) is 15.9 Å². The molecule has 1 aromatic carbocycles. The fourth-order valence-corrected chi connectivity index (χ4v) is 1.66. The molecule has 0 unspecified atom stereocenters. The normalized spacial score (nSPS) is 12.0. The first-order chi connectivity index (χ1) is 5.65. The highest BCUT2D eigenvalue weighted by atomic mass is 79.9. The minimum atomic E-state index is 0. The second-order valence-corrected chi connectivity index (χ2v) is 4.00. The summed E-state index contributed by atoms with van der Waals surface area (Å²) in [6.45, 7) is 2.04. The average Bonchev–Trinajstić information content (AvgIpc) is 2.08. The molecule has 1 nitrogen and oxygen atoms in total. The second-order valence-electron chi connectivity index (χ2n) is 2.68. The second kappa shape index (κ2) is 5.86. The smallest absolute Gasteiger partial charge is 0.0454 e. The van der Waals surface area contributed by atoms with Crippen LogP contribution in [0.3, 0.4) is 0 Å². The zero-order valence-corrected chi connectivity index (χ0v) is 10.4. The molecule has 0 bridgehead atoms. The highest BCUT2D eigenvalue weighted by Gasteiger charge is 2.07. The van der Waals surface area contributed by atoms with E-state index in [1.807, 2.05) is 25.1 Å². The number of hydrogen-bond acceptors (Lipinski definition) is 1. The van der Waals surface area contributed by atoms with Crippen LogP contribution in [0.5, 0.6) is 0 Å². The Kier molecular flexibility index (Phi) is 5.97. The van der Waals surface area contributed by atoms with Gasteiger partial charge in [-0.1, -0.05) is 34.5 Å². The standard InChI is InChI=1S/C9H11BrClN.ClH/c1-2-9(12)7-5-6(10)3-4-8(7)11;/h3-5,9H,2,12H2,1H3;1H/t9-;/m0./s1. The van der Waals surface area contributed by atoms with Crippen molar-refractivity contribution >= 4 is 39.9 Å². The topological polar surface area (TPSA) is 26.0 Å². The molecular weight excluding hydrogens is 273 g/mol. The van der Waals surface area contributed by atoms with E-state index in [1.54, 1.807) is 0 Å². The van der Waals surface area contributed by atoms with Crippen molar-refractivity contribution in [3.8, 4) is 0 Å². The van der Waals surface area contributed by atoms with Crippen LogP contribution in [0.25, 0.3) is 0 Å². The first-order valence-corrected chi connectivity index (χ1v) is 5.02. The molecule has 0 saturated carbocycles. The quantitative estimate of drug-likeness (QED) is 0.875. The number of halogens is 3. The Labute approximate surface area is 98.2 Å². The lowest BCUT2D eigenvalue weighted by atomic mass is 10.1. The number of nitrogens with two attached hydrogens (primary N) is 1. The molecule has 0 aliphatic rings.